The molecule has 1 aliphatic heterocycles. The highest BCUT2D eigenvalue weighted by molar-refractivity contribution is 9.10. The summed E-state index contributed by atoms with van der Waals surface area (Å²) in [5.41, 5.74) is 2.09. The normalized spacial score (nSPS) is 15.0. The summed E-state index contributed by atoms with van der Waals surface area (Å²) < 4.78 is 11.8. The van der Waals surface area contributed by atoms with Crippen molar-refractivity contribution in [1.82, 2.24) is 9.80 Å². The van der Waals surface area contributed by atoms with Gasteiger partial charge in [0.2, 0.25) is 5.91 Å². The Hall–Kier alpha value is -2.31. The molecule has 1 saturated heterocycles. The van der Waals surface area contributed by atoms with E-state index in [0.29, 0.717) is 13.1 Å². The first-order valence-corrected chi connectivity index (χ1v) is 10.0. The van der Waals surface area contributed by atoms with Crippen LogP contribution in [0.15, 0.2) is 53.0 Å². The van der Waals surface area contributed by atoms with Gasteiger partial charge in [0, 0.05) is 48.8 Å². The quantitative estimate of drug-likeness (QED) is 0.635. The molecule has 28 heavy (non-hydrogen) atoms. The summed E-state index contributed by atoms with van der Waals surface area (Å²) in [5.74, 6) is 1.73. The highest BCUT2D eigenvalue weighted by Crippen LogP contribution is 2.25. The van der Waals surface area contributed by atoms with Gasteiger partial charge in [0.1, 0.15) is 11.5 Å². The van der Waals surface area contributed by atoms with Crippen molar-refractivity contribution in [2.75, 3.05) is 40.4 Å². The fourth-order valence-electron chi connectivity index (χ4n) is 3.25. The molecule has 2 aromatic rings. The lowest BCUT2D eigenvalue weighted by Crippen LogP contribution is -2.47. The predicted molar refractivity (Wildman–Crippen MR) is 115 cm³/mol. The molecule has 0 bridgehead atoms. The fraction of sp³-hybridized carbons (Fsp3) is 0.318. The van der Waals surface area contributed by atoms with Crippen molar-refractivity contribution in [1.29, 1.82) is 0 Å². The van der Waals surface area contributed by atoms with Crippen LogP contribution in [0.25, 0.3) is 6.08 Å². The van der Waals surface area contributed by atoms with Crippen molar-refractivity contribution in [2.45, 2.75) is 6.54 Å². The number of hydrogen-bond acceptors (Lipinski definition) is 4. The van der Waals surface area contributed by atoms with Gasteiger partial charge in [0.15, 0.2) is 0 Å². The molecule has 0 unspecified atom stereocenters. The van der Waals surface area contributed by atoms with Gasteiger partial charge in [0.25, 0.3) is 0 Å². The van der Waals surface area contributed by atoms with Gasteiger partial charge in [-0.3, -0.25) is 9.69 Å². The van der Waals surface area contributed by atoms with Crippen LogP contribution in [0.4, 0.5) is 0 Å². The average Bonchev–Trinajstić information content (AvgIpc) is 2.73. The average molecular weight is 445 g/mol. The second-order valence-corrected chi connectivity index (χ2v) is 7.49. The molecule has 0 saturated carbocycles. The van der Waals surface area contributed by atoms with Gasteiger partial charge in [-0.25, -0.2) is 0 Å². The maximum atomic E-state index is 12.5. The molecule has 0 radical (unpaired) electrons. The summed E-state index contributed by atoms with van der Waals surface area (Å²) in [6.07, 6.45) is 3.51. The summed E-state index contributed by atoms with van der Waals surface area (Å²) in [7, 11) is 3.34. The van der Waals surface area contributed by atoms with Crippen LogP contribution in [0.1, 0.15) is 11.1 Å². The van der Waals surface area contributed by atoms with E-state index in [9.17, 15) is 4.79 Å². The van der Waals surface area contributed by atoms with Gasteiger partial charge in [-0.15, -0.1) is 0 Å². The minimum Gasteiger partial charge on any atom is -0.497 e. The molecular formula is C22H25BrN2O3. The first-order valence-electron chi connectivity index (χ1n) is 9.25. The predicted octanol–water partition coefficient (Wildman–Crippen LogP) is 3.82. The molecule has 148 valence electrons. The highest BCUT2D eigenvalue weighted by atomic mass is 79.9. The first-order chi connectivity index (χ1) is 13.6. The zero-order valence-electron chi connectivity index (χ0n) is 16.2. The number of amides is 1. The molecule has 1 heterocycles. The van der Waals surface area contributed by atoms with Crippen molar-refractivity contribution < 1.29 is 14.3 Å². The molecule has 0 aromatic heterocycles. The third-order valence-corrected chi connectivity index (χ3v) is 5.60. The number of carbonyl (C=O) groups excluding carboxylic acids is 1. The minimum atomic E-state index is 0.0503. The smallest absolute Gasteiger partial charge is 0.246 e. The van der Waals surface area contributed by atoms with Gasteiger partial charge in [-0.05, 0) is 35.9 Å². The van der Waals surface area contributed by atoms with Crippen LogP contribution in [-0.2, 0) is 11.3 Å². The number of nitrogens with zero attached hydrogens (tertiary/aromatic N) is 2. The van der Waals surface area contributed by atoms with E-state index in [4.69, 9.17) is 9.47 Å². The third-order valence-electron chi connectivity index (χ3n) is 4.88. The Bertz CT molecular complexity index is 845. The van der Waals surface area contributed by atoms with E-state index in [0.717, 1.165) is 46.7 Å². The number of rotatable bonds is 6. The molecule has 6 heteroatoms. The Morgan fingerprint density at radius 2 is 1.82 bits per heavy atom. The standard InChI is InChI=1S/C22H25BrN2O3/c1-27-19-8-9-21(28-2)18(15-19)16-24-11-13-25(14-12-24)22(26)10-7-17-5-3-4-6-20(17)23/h3-10,15H,11-14,16H2,1-2H3/b10-7+. The van der Waals surface area contributed by atoms with Crippen LogP contribution >= 0.6 is 15.9 Å². The van der Waals surface area contributed by atoms with Gasteiger partial charge in [0.05, 0.1) is 14.2 Å². The van der Waals surface area contributed by atoms with E-state index < -0.39 is 0 Å². The van der Waals surface area contributed by atoms with E-state index in [-0.39, 0.29) is 5.91 Å². The van der Waals surface area contributed by atoms with Gasteiger partial charge >= 0.3 is 0 Å². The van der Waals surface area contributed by atoms with Gasteiger partial charge < -0.3 is 14.4 Å². The molecule has 3 rings (SSSR count). The summed E-state index contributed by atoms with van der Waals surface area (Å²) in [5, 5.41) is 0. The van der Waals surface area contributed by atoms with Crippen molar-refractivity contribution in [3.8, 4) is 11.5 Å². The third kappa shape index (κ3) is 5.14. The lowest BCUT2D eigenvalue weighted by Gasteiger charge is -2.34. The molecule has 0 atom stereocenters. The Labute approximate surface area is 174 Å². The zero-order chi connectivity index (χ0) is 19.9. The number of hydrogen-bond donors (Lipinski definition) is 0. The van der Waals surface area contributed by atoms with Crippen molar-refractivity contribution in [3.63, 3.8) is 0 Å². The van der Waals surface area contributed by atoms with Crippen LogP contribution in [0.5, 0.6) is 11.5 Å². The number of halogens is 1. The Balaban J connectivity index is 1.56. The van der Waals surface area contributed by atoms with Crippen molar-refractivity contribution in [2.24, 2.45) is 0 Å². The van der Waals surface area contributed by atoms with E-state index in [1.54, 1.807) is 20.3 Å². The maximum absolute atomic E-state index is 12.5. The fourth-order valence-corrected chi connectivity index (χ4v) is 3.67. The number of methoxy groups -OCH3 is 2. The van der Waals surface area contributed by atoms with E-state index in [1.165, 1.54) is 0 Å². The molecular weight excluding hydrogens is 420 g/mol. The molecule has 0 aliphatic carbocycles. The SMILES string of the molecule is COc1ccc(OC)c(CN2CCN(C(=O)/C=C/c3ccccc3Br)CC2)c1. The lowest BCUT2D eigenvalue weighted by atomic mass is 10.1. The largest absolute Gasteiger partial charge is 0.497 e. The molecule has 0 N–H and O–H groups in total. The van der Waals surface area contributed by atoms with Crippen LogP contribution in [-0.4, -0.2) is 56.1 Å². The number of carbonyl (C=O) groups is 1. The van der Waals surface area contributed by atoms with Crippen LogP contribution in [0.2, 0.25) is 0 Å². The zero-order valence-corrected chi connectivity index (χ0v) is 17.8. The van der Waals surface area contributed by atoms with Crippen molar-refractivity contribution >= 4 is 27.9 Å². The van der Waals surface area contributed by atoms with Crippen LogP contribution in [0.3, 0.4) is 0 Å². The number of ether oxygens (including phenoxy) is 2. The second-order valence-electron chi connectivity index (χ2n) is 6.63. The summed E-state index contributed by atoms with van der Waals surface area (Å²) >= 11 is 3.50. The first kappa shape index (κ1) is 20.4. The Kier molecular flexibility index (Phi) is 7.12. The topological polar surface area (TPSA) is 42.0 Å². The Morgan fingerprint density at radius 3 is 2.50 bits per heavy atom. The van der Waals surface area contributed by atoms with Crippen LogP contribution in [0, 0.1) is 0 Å². The van der Waals surface area contributed by atoms with E-state index >= 15 is 0 Å². The molecule has 1 aliphatic rings. The number of benzene rings is 2. The van der Waals surface area contributed by atoms with Gasteiger partial charge in [-0.2, -0.15) is 0 Å². The summed E-state index contributed by atoms with van der Waals surface area (Å²) in [4.78, 5) is 16.7. The lowest BCUT2D eigenvalue weighted by molar-refractivity contribution is -0.127. The number of piperazine rings is 1. The molecule has 5 nitrogen and oxygen atoms in total. The Morgan fingerprint density at radius 1 is 1.07 bits per heavy atom. The van der Waals surface area contributed by atoms with Gasteiger partial charge in [-0.1, -0.05) is 34.1 Å². The van der Waals surface area contributed by atoms with Crippen LogP contribution < -0.4 is 9.47 Å². The summed E-state index contributed by atoms with van der Waals surface area (Å²) in [6.45, 7) is 3.86. The minimum absolute atomic E-state index is 0.0503. The second kappa shape index (κ2) is 9.75. The molecule has 2 aromatic carbocycles. The molecule has 1 amide bonds. The molecule has 1 fully saturated rings. The molecule has 0 spiro atoms. The summed E-state index contributed by atoms with van der Waals surface area (Å²) in [6, 6.07) is 13.7. The van der Waals surface area contributed by atoms with E-state index in [2.05, 4.69) is 20.8 Å². The van der Waals surface area contributed by atoms with E-state index in [1.807, 2.05) is 53.4 Å². The maximum Gasteiger partial charge on any atom is 0.246 e. The monoisotopic (exact) mass is 444 g/mol. The van der Waals surface area contributed by atoms with Crippen molar-refractivity contribution in [3.05, 3.63) is 64.1 Å². The highest BCUT2D eigenvalue weighted by Gasteiger charge is 2.20.